The third kappa shape index (κ3) is 6.66. The molecular formula is C17H18FN3O4S2. The fraction of sp³-hybridized carbons (Fsp3) is 0.176. The van der Waals surface area contributed by atoms with Crippen LogP contribution in [0.2, 0.25) is 0 Å². The summed E-state index contributed by atoms with van der Waals surface area (Å²) >= 11 is 1.10. The molecule has 2 amide bonds. The number of hydrogen-bond donors (Lipinski definition) is 3. The highest BCUT2D eigenvalue weighted by molar-refractivity contribution is 8.01. The summed E-state index contributed by atoms with van der Waals surface area (Å²) in [6.07, 6.45) is 0. The van der Waals surface area contributed by atoms with Crippen LogP contribution in [0.25, 0.3) is 0 Å². The molecule has 0 radical (unpaired) electrons. The topological polar surface area (TPSA) is 118 Å². The Hall–Kier alpha value is -2.43. The molecule has 4 N–H and O–H groups in total. The lowest BCUT2D eigenvalue weighted by molar-refractivity contribution is -0.115. The monoisotopic (exact) mass is 411 g/mol. The summed E-state index contributed by atoms with van der Waals surface area (Å²) in [5, 5.41) is 9.67. The highest BCUT2D eigenvalue weighted by Crippen LogP contribution is 2.18. The maximum atomic E-state index is 12.8. The van der Waals surface area contributed by atoms with E-state index in [9.17, 15) is 22.4 Å². The van der Waals surface area contributed by atoms with Gasteiger partial charge in [-0.1, -0.05) is 6.07 Å². The predicted octanol–water partition coefficient (Wildman–Crippen LogP) is 2.17. The number of thioether (sulfide) groups is 1. The maximum absolute atomic E-state index is 12.8. The molecule has 0 bridgehead atoms. The number of primary sulfonamides is 1. The van der Waals surface area contributed by atoms with Crippen LogP contribution < -0.4 is 15.8 Å². The molecule has 7 nitrogen and oxygen atoms in total. The van der Waals surface area contributed by atoms with Crippen LogP contribution in [0, 0.1) is 5.82 Å². The van der Waals surface area contributed by atoms with Crippen LogP contribution in [-0.4, -0.2) is 31.2 Å². The Balaban J connectivity index is 1.86. The molecule has 144 valence electrons. The largest absolute Gasteiger partial charge is 0.325 e. The van der Waals surface area contributed by atoms with Gasteiger partial charge in [0.1, 0.15) is 5.82 Å². The Morgan fingerprint density at radius 2 is 1.78 bits per heavy atom. The van der Waals surface area contributed by atoms with Crippen molar-refractivity contribution in [2.24, 2.45) is 5.14 Å². The third-order valence-corrected chi connectivity index (χ3v) is 5.45. The molecule has 10 heteroatoms. The van der Waals surface area contributed by atoms with Crippen molar-refractivity contribution >= 4 is 45.0 Å². The van der Waals surface area contributed by atoms with E-state index in [1.54, 1.807) is 6.92 Å². The first-order valence-electron chi connectivity index (χ1n) is 7.76. The zero-order chi connectivity index (χ0) is 20.0. The van der Waals surface area contributed by atoms with E-state index in [4.69, 9.17) is 5.14 Å². The van der Waals surface area contributed by atoms with Crippen LogP contribution in [0.15, 0.2) is 53.4 Å². The molecule has 2 aromatic rings. The number of anilines is 2. The molecule has 0 aliphatic carbocycles. The fourth-order valence-electron chi connectivity index (χ4n) is 2.00. The van der Waals surface area contributed by atoms with Crippen molar-refractivity contribution in [3.63, 3.8) is 0 Å². The second-order valence-electron chi connectivity index (χ2n) is 5.57. The molecule has 0 unspecified atom stereocenters. The molecule has 0 fully saturated rings. The number of hydrogen-bond acceptors (Lipinski definition) is 5. The van der Waals surface area contributed by atoms with Crippen LogP contribution in [0.3, 0.4) is 0 Å². The zero-order valence-electron chi connectivity index (χ0n) is 14.3. The minimum atomic E-state index is -3.87. The second-order valence-corrected chi connectivity index (χ2v) is 8.46. The predicted molar refractivity (Wildman–Crippen MR) is 103 cm³/mol. The number of benzene rings is 2. The molecule has 0 aromatic heterocycles. The van der Waals surface area contributed by atoms with Crippen molar-refractivity contribution < 1.29 is 22.4 Å². The second kappa shape index (κ2) is 8.98. The fourth-order valence-corrected chi connectivity index (χ4v) is 3.24. The maximum Gasteiger partial charge on any atom is 0.238 e. The molecule has 0 aliphatic rings. The summed E-state index contributed by atoms with van der Waals surface area (Å²) in [7, 11) is -3.87. The van der Waals surface area contributed by atoms with Crippen LogP contribution >= 0.6 is 11.8 Å². The molecule has 0 saturated carbocycles. The first-order valence-corrected chi connectivity index (χ1v) is 10.4. The lowest BCUT2D eigenvalue weighted by Gasteiger charge is -2.12. The van der Waals surface area contributed by atoms with Gasteiger partial charge in [0.05, 0.1) is 15.9 Å². The molecule has 2 rings (SSSR count). The Morgan fingerprint density at radius 1 is 1.11 bits per heavy atom. The Morgan fingerprint density at radius 3 is 2.41 bits per heavy atom. The van der Waals surface area contributed by atoms with Gasteiger partial charge in [0.2, 0.25) is 21.8 Å². The number of nitrogens with two attached hydrogens (primary N) is 1. The van der Waals surface area contributed by atoms with E-state index in [2.05, 4.69) is 10.6 Å². The van der Waals surface area contributed by atoms with Crippen LogP contribution in [-0.2, 0) is 19.6 Å². The van der Waals surface area contributed by atoms with Gasteiger partial charge in [-0.3, -0.25) is 9.59 Å². The van der Waals surface area contributed by atoms with Gasteiger partial charge in [-0.2, -0.15) is 0 Å². The average Bonchev–Trinajstić information content (AvgIpc) is 2.61. The first kappa shape index (κ1) is 20.9. The molecule has 0 saturated heterocycles. The number of amides is 2. The van der Waals surface area contributed by atoms with E-state index in [1.165, 1.54) is 48.5 Å². The van der Waals surface area contributed by atoms with Gasteiger partial charge in [0, 0.05) is 11.4 Å². The molecule has 2 aromatic carbocycles. The van der Waals surface area contributed by atoms with Crippen molar-refractivity contribution in [1.29, 1.82) is 0 Å². The molecular weight excluding hydrogens is 393 g/mol. The standard InChI is InChI=1S/C17H18FN3O4S2/c1-11(26-10-16(22)20-13-7-5-12(18)6-8-13)17(23)21-14-3-2-4-15(9-14)27(19,24)25/h2-9,11H,10H2,1H3,(H,20,22)(H,21,23)(H2,19,24,25)/t11-/m1/s1. The van der Waals surface area contributed by atoms with Crippen molar-refractivity contribution in [2.45, 2.75) is 17.1 Å². The Bertz CT molecular complexity index is 933. The summed E-state index contributed by atoms with van der Waals surface area (Å²) in [5.41, 5.74) is 0.744. The normalized spacial score (nSPS) is 12.3. The van der Waals surface area contributed by atoms with Gasteiger partial charge in [-0.15, -0.1) is 11.8 Å². The average molecular weight is 411 g/mol. The summed E-state index contributed by atoms with van der Waals surface area (Å²) < 4.78 is 35.5. The molecule has 0 spiro atoms. The van der Waals surface area contributed by atoms with Crippen molar-refractivity contribution in [3.05, 3.63) is 54.3 Å². The molecule has 27 heavy (non-hydrogen) atoms. The number of nitrogens with one attached hydrogen (secondary N) is 2. The van der Waals surface area contributed by atoms with Gasteiger partial charge in [0.15, 0.2) is 0 Å². The van der Waals surface area contributed by atoms with E-state index in [0.717, 1.165) is 11.8 Å². The molecule has 0 aliphatic heterocycles. The lowest BCUT2D eigenvalue weighted by atomic mass is 10.3. The highest BCUT2D eigenvalue weighted by atomic mass is 32.2. The Kier molecular flexibility index (Phi) is 6.94. The van der Waals surface area contributed by atoms with Crippen molar-refractivity contribution in [3.8, 4) is 0 Å². The number of halogens is 1. The van der Waals surface area contributed by atoms with Crippen molar-refractivity contribution in [1.82, 2.24) is 0 Å². The van der Waals surface area contributed by atoms with Gasteiger partial charge in [-0.25, -0.2) is 17.9 Å². The number of carbonyl (C=O) groups is 2. The quantitative estimate of drug-likeness (QED) is 0.645. The van der Waals surface area contributed by atoms with E-state index >= 15 is 0 Å². The number of carbonyl (C=O) groups excluding carboxylic acids is 2. The Labute approximate surface area is 160 Å². The van der Waals surface area contributed by atoms with Crippen LogP contribution in [0.5, 0.6) is 0 Å². The van der Waals surface area contributed by atoms with Gasteiger partial charge >= 0.3 is 0 Å². The zero-order valence-corrected chi connectivity index (χ0v) is 15.9. The summed E-state index contributed by atoms with van der Waals surface area (Å²) in [6.45, 7) is 1.62. The smallest absolute Gasteiger partial charge is 0.238 e. The summed E-state index contributed by atoms with van der Waals surface area (Å²) in [4.78, 5) is 24.0. The molecule has 1 atom stereocenters. The summed E-state index contributed by atoms with van der Waals surface area (Å²) in [5.74, 6) is -1.11. The third-order valence-electron chi connectivity index (χ3n) is 3.39. The summed E-state index contributed by atoms with van der Waals surface area (Å²) in [6, 6.07) is 10.9. The van der Waals surface area contributed by atoms with E-state index < -0.39 is 21.1 Å². The van der Waals surface area contributed by atoms with Crippen LogP contribution in [0.4, 0.5) is 15.8 Å². The van der Waals surface area contributed by atoms with Gasteiger partial charge < -0.3 is 10.6 Å². The van der Waals surface area contributed by atoms with Gasteiger partial charge in [0.25, 0.3) is 0 Å². The van der Waals surface area contributed by atoms with Crippen LogP contribution in [0.1, 0.15) is 6.92 Å². The van der Waals surface area contributed by atoms with Crippen molar-refractivity contribution in [2.75, 3.05) is 16.4 Å². The van der Waals surface area contributed by atoms with E-state index in [1.807, 2.05) is 0 Å². The SMILES string of the molecule is C[C@@H](SCC(=O)Nc1ccc(F)cc1)C(=O)Nc1cccc(S(N)(=O)=O)c1. The minimum Gasteiger partial charge on any atom is -0.325 e. The van der Waals surface area contributed by atoms with E-state index in [0.29, 0.717) is 5.69 Å². The van der Waals surface area contributed by atoms with E-state index in [-0.39, 0.29) is 28.2 Å². The lowest BCUT2D eigenvalue weighted by Crippen LogP contribution is -2.25. The molecule has 0 heterocycles. The number of rotatable bonds is 7. The number of sulfonamides is 1. The first-order chi connectivity index (χ1) is 12.6. The minimum absolute atomic E-state index is 0.0170. The highest BCUT2D eigenvalue weighted by Gasteiger charge is 2.16. The van der Waals surface area contributed by atoms with Gasteiger partial charge in [-0.05, 0) is 49.4 Å².